The minimum atomic E-state index is -0.542. The Balaban J connectivity index is 0.000000203. The van der Waals surface area contributed by atoms with Crippen LogP contribution >= 0.6 is 23.2 Å². The number of ether oxygens (including phenoxy) is 1. The smallest absolute Gasteiger partial charge is 0.358 e. The van der Waals surface area contributed by atoms with Crippen LogP contribution in [0.4, 0.5) is 11.6 Å². The first-order chi connectivity index (χ1) is 26.7. The third kappa shape index (κ3) is 13.0. The van der Waals surface area contributed by atoms with E-state index in [-0.39, 0.29) is 34.6 Å². The van der Waals surface area contributed by atoms with Crippen LogP contribution in [0.5, 0.6) is 0 Å². The first kappa shape index (κ1) is 42.6. The number of hydrogen-bond acceptors (Lipinski definition) is 10. The summed E-state index contributed by atoms with van der Waals surface area (Å²) in [6.45, 7) is 7.29. The quantitative estimate of drug-likeness (QED) is 0.142. The molecule has 4 aromatic heterocycles. The van der Waals surface area contributed by atoms with Crippen LogP contribution in [0.15, 0.2) is 119 Å². The number of aromatic nitrogens is 6. The number of carbonyl (C=O) groups excluding carboxylic acids is 2. The van der Waals surface area contributed by atoms with Crippen LogP contribution in [-0.2, 0) is 17.6 Å². The molecular weight excluding hydrogens is 755 g/mol. The minimum absolute atomic E-state index is 0.0768. The number of hydrogen-bond donors (Lipinski definition) is 2. The Labute approximate surface area is 334 Å². The van der Waals surface area contributed by atoms with E-state index < -0.39 is 11.9 Å². The van der Waals surface area contributed by atoms with Crippen molar-refractivity contribution in [3.05, 3.63) is 174 Å². The predicted octanol–water partition coefficient (Wildman–Crippen LogP) is 7.23. The third-order valence-electron chi connectivity index (χ3n) is 7.76. The molecule has 0 spiro atoms. The summed E-state index contributed by atoms with van der Waals surface area (Å²) in [5.74, 6) is 0.00248. The van der Waals surface area contributed by atoms with Gasteiger partial charge in [0.2, 0.25) is 0 Å². The highest BCUT2D eigenvalue weighted by Gasteiger charge is 2.13. The largest absolute Gasteiger partial charge is 0.464 e. The average Bonchev–Trinajstić information content (AvgIpc) is 3.17. The number of esters is 1. The van der Waals surface area contributed by atoms with E-state index in [0.717, 1.165) is 28.1 Å². The van der Waals surface area contributed by atoms with Crippen LogP contribution in [0.25, 0.3) is 0 Å². The van der Waals surface area contributed by atoms with Crippen molar-refractivity contribution in [2.45, 2.75) is 52.6 Å². The lowest BCUT2D eigenvalue weighted by atomic mass is 10.1. The van der Waals surface area contributed by atoms with E-state index in [2.05, 4.69) is 30.2 Å². The first-order valence-corrected chi connectivity index (χ1v) is 18.2. The molecule has 15 heteroatoms. The van der Waals surface area contributed by atoms with Gasteiger partial charge in [-0.1, -0.05) is 59.6 Å². The Morgan fingerprint density at radius 2 is 1.18 bits per heavy atom. The van der Waals surface area contributed by atoms with Crippen LogP contribution in [0.2, 0.25) is 10.0 Å². The van der Waals surface area contributed by atoms with Gasteiger partial charge in [-0.15, -0.1) is 0 Å². The Bertz CT molecular complexity index is 2360. The third-order valence-corrected chi connectivity index (χ3v) is 8.23. The number of carbonyl (C=O) groups is 2. The van der Waals surface area contributed by atoms with Gasteiger partial charge in [-0.05, 0) is 111 Å². The number of nitrogen functional groups attached to an aromatic ring is 1. The maximum Gasteiger partial charge on any atom is 0.358 e. The summed E-state index contributed by atoms with van der Waals surface area (Å²) in [5, 5.41) is 12.1. The molecule has 0 saturated heterocycles. The van der Waals surface area contributed by atoms with Crippen molar-refractivity contribution >= 4 is 46.7 Å². The van der Waals surface area contributed by atoms with Crippen molar-refractivity contribution in [1.29, 1.82) is 0 Å². The lowest BCUT2D eigenvalue weighted by Gasteiger charge is -2.10. The van der Waals surface area contributed by atoms with Crippen molar-refractivity contribution in [2.24, 2.45) is 0 Å². The zero-order valence-corrected chi connectivity index (χ0v) is 33.0. The van der Waals surface area contributed by atoms with Gasteiger partial charge in [0.25, 0.3) is 17.0 Å². The van der Waals surface area contributed by atoms with Crippen molar-refractivity contribution in [3.63, 3.8) is 0 Å². The molecule has 13 nitrogen and oxygen atoms in total. The Kier molecular flexibility index (Phi) is 15.6. The fraction of sp³-hybridized carbons (Fsp3) is 0.220. The molecule has 290 valence electrons. The first-order valence-electron chi connectivity index (χ1n) is 17.5. The molecule has 0 aliphatic rings. The number of anilines is 2. The minimum Gasteiger partial charge on any atom is -0.464 e. The zero-order valence-electron chi connectivity index (χ0n) is 31.5. The van der Waals surface area contributed by atoms with Crippen LogP contribution in [0.1, 0.15) is 83.0 Å². The summed E-state index contributed by atoms with van der Waals surface area (Å²) in [6.07, 6.45) is 5.02. The van der Waals surface area contributed by atoms with Gasteiger partial charge in [0.1, 0.15) is 17.3 Å². The Hall–Kier alpha value is -6.18. The second-order valence-electron chi connectivity index (χ2n) is 12.9. The van der Waals surface area contributed by atoms with Crippen LogP contribution in [-0.4, -0.2) is 48.5 Å². The summed E-state index contributed by atoms with van der Waals surface area (Å²) < 4.78 is 7.01. The molecule has 0 fully saturated rings. The molecule has 0 saturated carbocycles. The standard InChI is InChI=1S/C20H19ClN4O2.C12H11ClN2.C9H12N2O3/c1-13(2)25-19(26)9-7-17(24-25)20(27)23-18-8-6-15(12-22-18)10-14-4-3-5-16(21)11-14;13-11-3-1-2-9(7-11)6-10-4-5-12(14)15-8-10;1-6(2)11-8(12)5-4-7(10-11)9(13)14-3/h3-9,11-13H,10H2,1-2H3,(H,22,23,27);1-5,7-8H,6H2,(H2,14,15);4-6H,1-3H3. The highest BCUT2D eigenvalue weighted by molar-refractivity contribution is 6.30. The lowest BCUT2D eigenvalue weighted by Crippen LogP contribution is -2.27. The Morgan fingerprint density at radius 1 is 0.679 bits per heavy atom. The van der Waals surface area contributed by atoms with E-state index >= 15 is 0 Å². The van der Waals surface area contributed by atoms with Crippen LogP contribution in [0, 0.1) is 0 Å². The van der Waals surface area contributed by atoms with Gasteiger partial charge in [-0.2, -0.15) is 10.2 Å². The normalized spacial score (nSPS) is 10.5. The maximum atomic E-state index is 12.4. The van der Waals surface area contributed by atoms with E-state index in [9.17, 15) is 19.2 Å². The number of rotatable bonds is 9. The topological polar surface area (TPSA) is 177 Å². The highest BCUT2D eigenvalue weighted by Crippen LogP contribution is 2.17. The van der Waals surface area contributed by atoms with Crippen molar-refractivity contribution in [2.75, 3.05) is 18.2 Å². The van der Waals surface area contributed by atoms with E-state index in [4.69, 9.17) is 28.9 Å². The average molecular weight is 798 g/mol. The molecule has 0 unspecified atom stereocenters. The van der Waals surface area contributed by atoms with Gasteiger partial charge >= 0.3 is 5.97 Å². The number of amides is 1. The summed E-state index contributed by atoms with van der Waals surface area (Å²) >= 11 is 11.9. The second kappa shape index (κ2) is 20.5. The summed E-state index contributed by atoms with van der Waals surface area (Å²) in [6, 6.07) is 28.1. The molecule has 0 radical (unpaired) electrons. The molecule has 0 bridgehead atoms. The van der Waals surface area contributed by atoms with Gasteiger partial charge in [0, 0.05) is 34.6 Å². The zero-order chi connectivity index (χ0) is 40.8. The SMILES string of the molecule is CC(C)n1nc(C(=O)Nc2ccc(Cc3cccc(Cl)c3)cn2)ccc1=O.COC(=O)c1ccc(=O)n(C(C)C)n1.Nc1ccc(Cc2cccc(Cl)c2)cn1. The van der Waals surface area contributed by atoms with Crippen LogP contribution in [0.3, 0.4) is 0 Å². The van der Waals surface area contributed by atoms with E-state index in [1.54, 1.807) is 24.5 Å². The van der Waals surface area contributed by atoms with Gasteiger partial charge < -0.3 is 15.8 Å². The molecule has 3 N–H and O–H groups in total. The van der Waals surface area contributed by atoms with Crippen molar-refractivity contribution < 1.29 is 14.3 Å². The molecule has 0 aliphatic heterocycles. The molecule has 4 heterocycles. The number of halogens is 2. The van der Waals surface area contributed by atoms with E-state index in [1.165, 1.54) is 46.3 Å². The summed E-state index contributed by atoms with van der Waals surface area (Å²) in [5.41, 5.74) is 9.73. The van der Waals surface area contributed by atoms with Gasteiger partial charge in [-0.3, -0.25) is 14.4 Å². The summed E-state index contributed by atoms with van der Waals surface area (Å²) in [4.78, 5) is 54.8. The number of nitrogens with two attached hydrogens (primary N) is 1. The predicted molar refractivity (Wildman–Crippen MR) is 218 cm³/mol. The highest BCUT2D eigenvalue weighted by atomic mass is 35.5. The molecular formula is C41H42Cl2N8O5. The molecule has 6 rings (SSSR count). The second-order valence-corrected chi connectivity index (χ2v) is 13.8. The molecule has 6 aromatic rings. The van der Waals surface area contributed by atoms with Crippen LogP contribution < -0.4 is 22.2 Å². The molecule has 56 heavy (non-hydrogen) atoms. The van der Waals surface area contributed by atoms with Crippen molar-refractivity contribution in [3.8, 4) is 0 Å². The number of nitrogens with zero attached hydrogens (tertiary/aromatic N) is 6. The fourth-order valence-electron chi connectivity index (χ4n) is 5.01. The number of nitrogens with one attached hydrogen (secondary N) is 1. The van der Waals surface area contributed by atoms with E-state index in [0.29, 0.717) is 23.1 Å². The lowest BCUT2D eigenvalue weighted by molar-refractivity contribution is 0.0590. The number of pyridine rings is 2. The monoisotopic (exact) mass is 796 g/mol. The van der Waals surface area contributed by atoms with Crippen molar-refractivity contribution in [1.82, 2.24) is 29.5 Å². The number of benzene rings is 2. The molecule has 0 aliphatic carbocycles. The molecule has 0 atom stereocenters. The molecule has 1 amide bonds. The van der Waals surface area contributed by atoms with E-state index in [1.807, 2.05) is 88.4 Å². The van der Waals surface area contributed by atoms with Gasteiger partial charge in [0.15, 0.2) is 5.69 Å². The molecule has 2 aromatic carbocycles. The summed E-state index contributed by atoms with van der Waals surface area (Å²) in [7, 11) is 1.27. The fourth-order valence-corrected chi connectivity index (χ4v) is 5.44. The Morgan fingerprint density at radius 3 is 1.62 bits per heavy atom. The van der Waals surface area contributed by atoms with Gasteiger partial charge in [0.05, 0.1) is 19.2 Å². The number of methoxy groups -OCH3 is 1. The van der Waals surface area contributed by atoms with Gasteiger partial charge in [-0.25, -0.2) is 24.1 Å². The maximum absolute atomic E-state index is 12.4.